The Morgan fingerprint density at radius 3 is 2.94 bits per heavy atom. The fraction of sp³-hybridized carbons (Fsp3) is 0. The van der Waals surface area contributed by atoms with Crippen LogP contribution in [0.4, 0.5) is 10.2 Å². The zero-order valence-electron chi connectivity index (χ0n) is 8.39. The van der Waals surface area contributed by atoms with E-state index in [4.69, 9.17) is 17.3 Å². The van der Waals surface area contributed by atoms with Crippen LogP contribution in [0.25, 0.3) is 15.5 Å². The number of hydrogen-bond acceptors (Lipinski definition) is 4. The molecule has 0 radical (unpaired) electrons. The van der Waals surface area contributed by atoms with Gasteiger partial charge in [0.2, 0.25) is 4.96 Å². The molecule has 0 saturated heterocycles. The number of nitrogens with two attached hydrogens (primary N) is 1. The minimum atomic E-state index is -0.400. The number of anilines is 1. The number of halogens is 2. The molecule has 0 bridgehead atoms. The van der Waals surface area contributed by atoms with Crippen molar-refractivity contribution >= 4 is 33.7 Å². The Labute approximate surface area is 104 Å². The quantitative estimate of drug-likeness (QED) is 0.738. The lowest BCUT2D eigenvalue weighted by atomic mass is 10.2. The van der Waals surface area contributed by atoms with Crippen molar-refractivity contribution in [2.75, 3.05) is 5.73 Å². The summed E-state index contributed by atoms with van der Waals surface area (Å²) >= 11 is 7.20. The van der Waals surface area contributed by atoms with Gasteiger partial charge in [-0.25, -0.2) is 13.9 Å². The molecule has 0 fully saturated rings. The first-order chi connectivity index (χ1) is 8.15. The Kier molecular flexibility index (Phi) is 2.27. The zero-order valence-corrected chi connectivity index (χ0v) is 9.96. The van der Waals surface area contributed by atoms with Crippen molar-refractivity contribution in [3.05, 3.63) is 35.2 Å². The third-order valence-corrected chi connectivity index (χ3v) is 3.49. The molecule has 17 heavy (non-hydrogen) atoms. The molecule has 0 spiro atoms. The van der Waals surface area contributed by atoms with Gasteiger partial charge in [0.25, 0.3) is 0 Å². The minimum Gasteiger partial charge on any atom is -0.382 e. The lowest BCUT2D eigenvalue weighted by Gasteiger charge is -2.00. The number of nitrogens with zero attached hydrogens (tertiary/aromatic N) is 3. The summed E-state index contributed by atoms with van der Waals surface area (Å²) in [4.78, 5) is 4.66. The normalized spacial score (nSPS) is 11.2. The van der Waals surface area contributed by atoms with Crippen LogP contribution in [0.15, 0.2) is 24.4 Å². The van der Waals surface area contributed by atoms with Crippen LogP contribution in [0.3, 0.4) is 0 Å². The highest BCUT2D eigenvalue weighted by Crippen LogP contribution is 2.33. The smallest absolute Gasteiger partial charge is 0.214 e. The Morgan fingerprint density at radius 2 is 2.24 bits per heavy atom. The van der Waals surface area contributed by atoms with Gasteiger partial charge in [0.05, 0.1) is 16.8 Å². The van der Waals surface area contributed by atoms with Crippen molar-refractivity contribution in [3.8, 4) is 10.6 Å². The van der Waals surface area contributed by atoms with E-state index in [9.17, 15) is 4.39 Å². The van der Waals surface area contributed by atoms with Gasteiger partial charge in [-0.1, -0.05) is 29.0 Å². The molecule has 3 aromatic rings. The Balaban J connectivity index is 2.23. The summed E-state index contributed by atoms with van der Waals surface area (Å²) in [5, 5.41) is 5.00. The highest BCUT2D eigenvalue weighted by atomic mass is 35.5. The van der Waals surface area contributed by atoms with E-state index in [0.717, 1.165) is 0 Å². The highest BCUT2D eigenvalue weighted by molar-refractivity contribution is 7.19. The largest absolute Gasteiger partial charge is 0.382 e. The number of rotatable bonds is 1. The van der Waals surface area contributed by atoms with Crippen LogP contribution in [0.2, 0.25) is 5.02 Å². The fourth-order valence-electron chi connectivity index (χ4n) is 1.52. The fourth-order valence-corrected chi connectivity index (χ4v) is 2.78. The Morgan fingerprint density at radius 1 is 1.41 bits per heavy atom. The zero-order chi connectivity index (χ0) is 12.0. The van der Waals surface area contributed by atoms with E-state index in [1.165, 1.54) is 21.9 Å². The molecular weight excluding hydrogens is 263 g/mol. The number of nitrogen functional groups attached to an aromatic ring is 1. The van der Waals surface area contributed by atoms with Crippen molar-refractivity contribution in [3.63, 3.8) is 0 Å². The molecule has 7 heteroatoms. The summed E-state index contributed by atoms with van der Waals surface area (Å²) in [5.41, 5.74) is 5.81. The van der Waals surface area contributed by atoms with E-state index in [1.807, 2.05) is 0 Å². The van der Waals surface area contributed by atoms with Gasteiger partial charge >= 0.3 is 0 Å². The van der Waals surface area contributed by atoms with Crippen LogP contribution in [-0.2, 0) is 0 Å². The number of fused-ring (bicyclic) bond motifs is 1. The predicted molar refractivity (Wildman–Crippen MR) is 65.7 cm³/mol. The molecular formula is C10H6ClFN4S. The molecule has 0 aliphatic heterocycles. The second-order valence-electron chi connectivity index (χ2n) is 3.40. The molecule has 0 saturated carbocycles. The van der Waals surface area contributed by atoms with Gasteiger partial charge in [0.1, 0.15) is 11.6 Å². The topological polar surface area (TPSA) is 56.2 Å². The summed E-state index contributed by atoms with van der Waals surface area (Å²) in [6.07, 6.45) is 1.57. The van der Waals surface area contributed by atoms with E-state index in [-0.39, 0.29) is 0 Å². The molecule has 2 N–H and O–H groups in total. The molecule has 0 aliphatic carbocycles. The SMILES string of the molecule is Nc1cn2nc(-c3c(F)cccc3Cl)sc2n1. The first kappa shape index (κ1) is 10.5. The molecule has 2 aromatic heterocycles. The van der Waals surface area contributed by atoms with Gasteiger partial charge in [-0.05, 0) is 12.1 Å². The standard InChI is InChI=1S/C10H6ClFN4S/c11-5-2-1-3-6(12)8(5)9-15-16-4-7(13)14-10(16)17-9/h1-4H,13H2. The molecule has 0 unspecified atom stereocenters. The average Bonchev–Trinajstić information content (AvgIpc) is 2.74. The van der Waals surface area contributed by atoms with E-state index in [2.05, 4.69) is 10.1 Å². The molecule has 0 aliphatic rings. The van der Waals surface area contributed by atoms with Crippen molar-refractivity contribution < 1.29 is 4.39 Å². The van der Waals surface area contributed by atoms with Crippen molar-refractivity contribution in [1.29, 1.82) is 0 Å². The van der Waals surface area contributed by atoms with E-state index in [1.54, 1.807) is 18.3 Å². The van der Waals surface area contributed by atoms with Crippen LogP contribution < -0.4 is 5.73 Å². The molecule has 1 aromatic carbocycles. The monoisotopic (exact) mass is 268 g/mol. The average molecular weight is 269 g/mol. The van der Waals surface area contributed by atoms with Crippen LogP contribution in [0.1, 0.15) is 0 Å². The maximum atomic E-state index is 13.7. The Hall–Kier alpha value is -1.66. The maximum Gasteiger partial charge on any atom is 0.214 e. The minimum absolute atomic E-state index is 0.295. The highest BCUT2D eigenvalue weighted by Gasteiger charge is 2.15. The van der Waals surface area contributed by atoms with Crippen molar-refractivity contribution in [2.45, 2.75) is 0 Å². The second kappa shape index (κ2) is 3.68. The lowest BCUT2D eigenvalue weighted by Crippen LogP contribution is -1.88. The van der Waals surface area contributed by atoms with Crippen LogP contribution >= 0.6 is 22.9 Å². The van der Waals surface area contributed by atoms with Gasteiger partial charge in [0.15, 0.2) is 5.01 Å². The lowest BCUT2D eigenvalue weighted by molar-refractivity contribution is 0.631. The maximum absolute atomic E-state index is 13.7. The molecule has 0 amide bonds. The Bertz CT molecular complexity index is 654. The van der Waals surface area contributed by atoms with Gasteiger partial charge < -0.3 is 5.73 Å². The third-order valence-electron chi connectivity index (χ3n) is 2.24. The van der Waals surface area contributed by atoms with Crippen LogP contribution in [0.5, 0.6) is 0 Å². The molecule has 2 heterocycles. The van der Waals surface area contributed by atoms with E-state index < -0.39 is 5.82 Å². The van der Waals surface area contributed by atoms with Crippen molar-refractivity contribution in [1.82, 2.24) is 14.6 Å². The number of hydrogen-bond donors (Lipinski definition) is 1. The second-order valence-corrected chi connectivity index (χ2v) is 4.76. The summed E-state index contributed by atoms with van der Waals surface area (Å²) in [6.45, 7) is 0. The van der Waals surface area contributed by atoms with Crippen LogP contribution in [-0.4, -0.2) is 14.6 Å². The molecule has 4 nitrogen and oxygen atoms in total. The van der Waals surface area contributed by atoms with Crippen molar-refractivity contribution in [2.24, 2.45) is 0 Å². The number of benzene rings is 1. The van der Waals surface area contributed by atoms with Gasteiger partial charge in [0, 0.05) is 0 Å². The first-order valence-corrected chi connectivity index (χ1v) is 5.90. The van der Waals surface area contributed by atoms with Gasteiger partial charge in [-0.2, -0.15) is 5.10 Å². The van der Waals surface area contributed by atoms with Gasteiger partial charge in [-0.3, -0.25) is 0 Å². The summed E-state index contributed by atoms with van der Waals surface area (Å²) in [7, 11) is 0. The molecule has 0 atom stereocenters. The third kappa shape index (κ3) is 1.65. The molecule has 86 valence electrons. The predicted octanol–water partition coefficient (Wildman–Crippen LogP) is 2.83. The molecule has 3 rings (SSSR count). The summed E-state index contributed by atoms with van der Waals surface area (Å²) in [5.74, 6) is -0.0163. The van der Waals surface area contributed by atoms with E-state index in [0.29, 0.717) is 26.4 Å². The van der Waals surface area contributed by atoms with Gasteiger partial charge in [-0.15, -0.1) is 0 Å². The first-order valence-electron chi connectivity index (χ1n) is 4.71. The number of aromatic nitrogens is 3. The van der Waals surface area contributed by atoms with E-state index >= 15 is 0 Å². The summed E-state index contributed by atoms with van der Waals surface area (Å²) in [6, 6.07) is 4.52. The number of imidazole rings is 1. The van der Waals surface area contributed by atoms with Crippen LogP contribution in [0, 0.1) is 5.82 Å². The summed E-state index contributed by atoms with van der Waals surface area (Å²) < 4.78 is 15.2.